The monoisotopic (exact) mass is 466 g/mol. The molecule has 3 aromatic rings. The maximum absolute atomic E-state index is 12.7. The minimum Gasteiger partial charge on any atom is -0.493 e. The van der Waals surface area contributed by atoms with E-state index in [9.17, 15) is 4.79 Å². The summed E-state index contributed by atoms with van der Waals surface area (Å²) in [6, 6.07) is 15.8. The second-order valence-corrected chi connectivity index (χ2v) is 9.21. The quantitative estimate of drug-likeness (QED) is 0.483. The molecule has 1 saturated carbocycles. The number of carbonyl (C=O) groups is 1. The van der Waals surface area contributed by atoms with E-state index in [2.05, 4.69) is 22.4 Å². The number of amides is 1. The molecule has 1 N–H and O–H groups in total. The fourth-order valence-corrected chi connectivity index (χ4v) is 5.01. The molecule has 7 nitrogen and oxygen atoms in total. The Bertz CT molecular complexity index is 1090. The van der Waals surface area contributed by atoms with E-state index in [-0.39, 0.29) is 11.9 Å². The van der Waals surface area contributed by atoms with E-state index in [1.165, 1.54) is 31.0 Å². The van der Waals surface area contributed by atoms with Crippen molar-refractivity contribution in [2.75, 3.05) is 20.0 Å². The first-order valence-corrected chi connectivity index (χ1v) is 12.2. The third-order valence-corrected chi connectivity index (χ3v) is 7.01. The van der Waals surface area contributed by atoms with Crippen LogP contribution in [-0.4, -0.2) is 46.7 Å². The smallest absolute Gasteiger partial charge is 0.230 e. The molecule has 1 aliphatic rings. The van der Waals surface area contributed by atoms with Crippen molar-refractivity contribution in [3.8, 4) is 28.6 Å². The highest BCUT2D eigenvalue weighted by molar-refractivity contribution is 7.99. The van der Waals surface area contributed by atoms with Gasteiger partial charge in [0.25, 0.3) is 0 Å². The molecule has 0 bridgehead atoms. The van der Waals surface area contributed by atoms with Gasteiger partial charge in [0.05, 0.1) is 20.0 Å². The number of aromatic nitrogens is 3. The van der Waals surface area contributed by atoms with Gasteiger partial charge in [-0.15, -0.1) is 10.2 Å². The number of nitrogens with one attached hydrogen (secondary N) is 1. The Balaban J connectivity index is 1.59. The molecule has 1 heterocycles. The molecule has 1 aliphatic carbocycles. The highest BCUT2D eigenvalue weighted by Gasteiger charge is 2.24. The molecule has 1 amide bonds. The Labute approximate surface area is 198 Å². The van der Waals surface area contributed by atoms with Crippen LogP contribution in [0.15, 0.2) is 53.7 Å². The van der Waals surface area contributed by atoms with E-state index in [4.69, 9.17) is 9.47 Å². The molecule has 2 atom stereocenters. The molecule has 0 unspecified atom stereocenters. The molecule has 0 saturated heterocycles. The minimum atomic E-state index is 0.0361. The fraction of sp³-hybridized carbons (Fsp3) is 0.400. The predicted octanol–water partition coefficient (Wildman–Crippen LogP) is 4.74. The summed E-state index contributed by atoms with van der Waals surface area (Å²) >= 11 is 1.39. The predicted molar refractivity (Wildman–Crippen MR) is 130 cm³/mol. The van der Waals surface area contributed by atoms with Crippen molar-refractivity contribution < 1.29 is 14.3 Å². The number of hydrogen-bond donors (Lipinski definition) is 1. The van der Waals surface area contributed by atoms with Crippen molar-refractivity contribution in [1.29, 1.82) is 0 Å². The van der Waals surface area contributed by atoms with Crippen LogP contribution in [0.5, 0.6) is 11.5 Å². The summed E-state index contributed by atoms with van der Waals surface area (Å²) in [7, 11) is 3.22. The van der Waals surface area contributed by atoms with Crippen molar-refractivity contribution in [1.82, 2.24) is 20.1 Å². The van der Waals surface area contributed by atoms with Crippen LogP contribution in [0.2, 0.25) is 0 Å². The molecule has 1 aromatic heterocycles. The molecule has 8 heteroatoms. The lowest BCUT2D eigenvalue weighted by Gasteiger charge is -2.29. The molecule has 0 aliphatic heterocycles. The number of nitrogens with zero attached hydrogens (tertiary/aromatic N) is 3. The fourth-order valence-electron chi connectivity index (χ4n) is 4.24. The summed E-state index contributed by atoms with van der Waals surface area (Å²) in [5, 5.41) is 12.8. The normalized spacial score (nSPS) is 18.0. The zero-order chi connectivity index (χ0) is 23.2. The van der Waals surface area contributed by atoms with Gasteiger partial charge in [-0.05, 0) is 49.1 Å². The highest BCUT2D eigenvalue weighted by Crippen LogP contribution is 2.34. The molecule has 1 fully saturated rings. The molecule has 2 aromatic carbocycles. The highest BCUT2D eigenvalue weighted by atomic mass is 32.2. The Kier molecular flexibility index (Phi) is 7.54. The number of rotatable bonds is 8. The van der Waals surface area contributed by atoms with Crippen LogP contribution < -0.4 is 14.8 Å². The number of benzene rings is 2. The van der Waals surface area contributed by atoms with E-state index >= 15 is 0 Å². The van der Waals surface area contributed by atoms with Gasteiger partial charge in [0.1, 0.15) is 0 Å². The summed E-state index contributed by atoms with van der Waals surface area (Å²) < 4.78 is 12.8. The zero-order valence-electron chi connectivity index (χ0n) is 19.3. The molecule has 4 rings (SSSR count). The van der Waals surface area contributed by atoms with Gasteiger partial charge in [-0.25, -0.2) is 0 Å². The molecular formula is C25H30N4O3S. The lowest BCUT2D eigenvalue weighted by molar-refractivity contribution is -0.119. The van der Waals surface area contributed by atoms with Gasteiger partial charge in [-0.1, -0.05) is 49.7 Å². The van der Waals surface area contributed by atoms with E-state index < -0.39 is 0 Å². The standard InChI is InChI=1S/C25H30N4O3S/c1-17-9-7-8-12-20(17)26-23(30)16-33-25-28-27-24(29(25)19-10-5-4-6-11-19)18-13-14-21(31-2)22(15-18)32-3/h4-6,10-11,13-15,17,20H,7-9,12,16H2,1-3H3,(H,26,30)/t17-,20+/m1/s1. The second-order valence-electron chi connectivity index (χ2n) is 8.27. The van der Waals surface area contributed by atoms with Crippen molar-refractivity contribution in [2.24, 2.45) is 5.92 Å². The van der Waals surface area contributed by atoms with E-state index in [1.807, 2.05) is 53.1 Å². The first-order valence-electron chi connectivity index (χ1n) is 11.3. The number of ether oxygens (including phenoxy) is 2. The summed E-state index contributed by atoms with van der Waals surface area (Å²) in [6.07, 6.45) is 4.66. The van der Waals surface area contributed by atoms with Crippen molar-refractivity contribution in [3.05, 3.63) is 48.5 Å². The van der Waals surface area contributed by atoms with E-state index in [0.29, 0.717) is 34.2 Å². The van der Waals surface area contributed by atoms with Gasteiger partial charge >= 0.3 is 0 Å². The lowest BCUT2D eigenvalue weighted by atomic mass is 9.86. The molecule has 0 spiro atoms. The maximum atomic E-state index is 12.7. The number of thioether (sulfide) groups is 1. The van der Waals surface area contributed by atoms with Gasteiger partial charge in [0.2, 0.25) is 5.91 Å². The third kappa shape index (κ3) is 5.33. The number of methoxy groups -OCH3 is 2. The van der Waals surface area contributed by atoms with Crippen molar-refractivity contribution in [3.63, 3.8) is 0 Å². The third-order valence-electron chi connectivity index (χ3n) is 6.08. The van der Waals surface area contributed by atoms with Crippen LogP contribution in [0, 0.1) is 5.92 Å². The van der Waals surface area contributed by atoms with Gasteiger partial charge in [0.15, 0.2) is 22.5 Å². The Morgan fingerprint density at radius 3 is 2.55 bits per heavy atom. The average molecular weight is 467 g/mol. The molecule has 33 heavy (non-hydrogen) atoms. The van der Waals surface area contributed by atoms with Crippen LogP contribution in [0.25, 0.3) is 17.1 Å². The summed E-state index contributed by atoms with van der Waals surface area (Å²) in [5.74, 6) is 2.79. The number of para-hydroxylation sites is 1. The first-order chi connectivity index (χ1) is 16.1. The van der Waals surface area contributed by atoms with Crippen molar-refractivity contribution >= 4 is 17.7 Å². The SMILES string of the molecule is COc1ccc(-c2nnc(SCC(=O)N[C@H]3CCCC[C@H]3C)n2-c2ccccc2)cc1OC. The number of hydrogen-bond acceptors (Lipinski definition) is 6. The zero-order valence-corrected chi connectivity index (χ0v) is 20.1. The van der Waals surface area contributed by atoms with Crippen LogP contribution in [0.3, 0.4) is 0 Å². The summed E-state index contributed by atoms with van der Waals surface area (Å²) in [6.45, 7) is 2.22. The van der Waals surface area contributed by atoms with Crippen LogP contribution in [0.1, 0.15) is 32.6 Å². The largest absolute Gasteiger partial charge is 0.493 e. The Morgan fingerprint density at radius 1 is 1.06 bits per heavy atom. The Hall–Kier alpha value is -3.00. The van der Waals surface area contributed by atoms with Gasteiger partial charge in [-0.3, -0.25) is 9.36 Å². The van der Waals surface area contributed by atoms with Gasteiger partial charge in [-0.2, -0.15) is 0 Å². The van der Waals surface area contributed by atoms with Gasteiger partial charge < -0.3 is 14.8 Å². The van der Waals surface area contributed by atoms with E-state index in [1.54, 1.807) is 14.2 Å². The van der Waals surface area contributed by atoms with Gasteiger partial charge in [0, 0.05) is 17.3 Å². The minimum absolute atomic E-state index is 0.0361. The molecule has 174 valence electrons. The van der Waals surface area contributed by atoms with E-state index in [0.717, 1.165) is 17.7 Å². The first kappa shape index (κ1) is 23.2. The van der Waals surface area contributed by atoms with Crippen LogP contribution in [-0.2, 0) is 4.79 Å². The Morgan fingerprint density at radius 2 is 1.82 bits per heavy atom. The summed E-state index contributed by atoms with van der Waals surface area (Å²) in [5.41, 5.74) is 1.77. The molecular weight excluding hydrogens is 436 g/mol. The average Bonchev–Trinajstić information content (AvgIpc) is 3.28. The molecule has 0 radical (unpaired) electrons. The van der Waals surface area contributed by atoms with Crippen molar-refractivity contribution in [2.45, 2.75) is 43.8 Å². The summed E-state index contributed by atoms with van der Waals surface area (Å²) in [4.78, 5) is 12.7. The number of carbonyl (C=O) groups excluding carboxylic acids is 1. The lowest BCUT2D eigenvalue weighted by Crippen LogP contribution is -2.41. The van der Waals surface area contributed by atoms with Crippen LogP contribution >= 0.6 is 11.8 Å². The maximum Gasteiger partial charge on any atom is 0.230 e. The second kappa shape index (κ2) is 10.7. The topological polar surface area (TPSA) is 78.3 Å². The van der Waals surface area contributed by atoms with Crippen LogP contribution in [0.4, 0.5) is 0 Å².